The number of hydrogen-bond donors (Lipinski definition) is 0. The molecule has 2 nitrogen and oxygen atoms in total. The molecule has 68 valence electrons. The lowest BCUT2D eigenvalue weighted by atomic mass is 10.1. The SMILES string of the molecule is C#CC1(c2csc(COC)n2)CC1. The van der Waals surface area contributed by atoms with E-state index in [1.165, 1.54) is 0 Å². The van der Waals surface area contributed by atoms with Gasteiger partial charge in [-0.05, 0) is 12.8 Å². The topological polar surface area (TPSA) is 22.1 Å². The second-order valence-electron chi connectivity index (χ2n) is 3.29. The minimum absolute atomic E-state index is 0.0253. The van der Waals surface area contributed by atoms with E-state index >= 15 is 0 Å². The molecule has 0 aliphatic heterocycles. The molecule has 13 heavy (non-hydrogen) atoms. The van der Waals surface area contributed by atoms with Crippen molar-refractivity contribution in [3.8, 4) is 12.3 Å². The van der Waals surface area contributed by atoms with Crippen LogP contribution in [0.3, 0.4) is 0 Å². The summed E-state index contributed by atoms with van der Waals surface area (Å²) >= 11 is 1.62. The molecule has 3 heteroatoms. The number of terminal acetylenes is 1. The Labute approximate surface area is 82.0 Å². The summed E-state index contributed by atoms with van der Waals surface area (Å²) in [6, 6.07) is 0. The minimum atomic E-state index is -0.0253. The molecule has 0 radical (unpaired) electrons. The van der Waals surface area contributed by atoms with E-state index in [1.807, 2.05) is 0 Å². The first-order chi connectivity index (χ1) is 6.30. The first-order valence-corrected chi connectivity index (χ1v) is 5.10. The maximum Gasteiger partial charge on any atom is 0.119 e. The van der Waals surface area contributed by atoms with Crippen LogP contribution in [0, 0.1) is 12.3 Å². The molecule has 0 amide bonds. The van der Waals surface area contributed by atoms with Gasteiger partial charge in [0.2, 0.25) is 0 Å². The Morgan fingerprint density at radius 1 is 1.77 bits per heavy atom. The zero-order chi connectivity index (χ0) is 9.31. The van der Waals surface area contributed by atoms with Crippen molar-refractivity contribution in [1.29, 1.82) is 0 Å². The molecular weight excluding hydrogens is 182 g/mol. The summed E-state index contributed by atoms with van der Waals surface area (Å²) < 4.78 is 5.00. The van der Waals surface area contributed by atoms with E-state index in [1.54, 1.807) is 18.4 Å². The maximum atomic E-state index is 5.47. The summed E-state index contributed by atoms with van der Waals surface area (Å²) in [5.74, 6) is 2.83. The second-order valence-corrected chi connectivity index (χ2v) is 4.23. The number of thiazole rings is 1. The van der Waals surface area contributed by atoms with Crippen LogP contribution in [0.15, 0.2) is 5.38 Å². The average molecular weight is 193 g/mol. The highest BCUT2D eigenvalue weighted by atomic mass is 32.1. The Balaban J connectivity index is 2.19. The Morgan fingerprint density at radius 2 is 2.54 bits per heavy atom. The molecule has 0 unspecified atom stereocenters. The highest BCUT2D eigenvalue weighted by molar-refractivity contribution is 7.09. The summed E-state index contributed by atoms with van der Waals surface area (Å²) in [6.45, 7) is 0.589. The van der Waals surface area contributed by atoms with Gasteiger partial charge in [-0.15, -0.1) is 17.8 Å². The molecule has 0 bridgehead atoms. The van der Waals surface area contributed by atoms with Crippen molar-refractivity contribution >= 4 is 11.3 Å². The third-order valence-corrected chi connectivity index (χ3v) is 3.16. The van der Waals surface area contributed by atoms with Gasteiger partial charge in [0.1, 0.15) is 5.01 Å². The van der Waals surface area contributed by atoms with E-state index in [0.717, 1.165) is 23.5 Å². The quantitative estimate of drug-likeness (QED) is 0.684. The molecule has 0 N–H and O–H groups in total. The van der Waals surface area contributed by atoms with Crippen LogP contribution in [-0.2, 0) is 16.8 Å². The van der Waals surface area contributed by atoms with Gasteiger partial charge in [-0.3, -0.25) is 0 Å². The number of hydrogen-bond acceptors (Lipinski definition) is 3. The van der Waals surface area contributed by atoms with Crippen LogP contribution in [0.4, 0.5) is 0 Å². The minimum Gasteiger partial charge on any atom is -0.378 e. The Morgan fingerprint density at radius 3 is 3.08 bits per heavy atom. The number of methoxy groups -OCH3 is 1. The van der Waals surface area contributed by atoms with Crippen molar-refractivity contribution in [3.63, 3.8) is 0 Å². The molecule has 0 saturated heterocycles. The van der Waals surface area contributed by atoms with Gasteiger partial charge in [0, 0.05) is 12.5 Å². The predicted octanol–water partition coefficient (Wildman–Crippen LogP) is 1.95. The van der Waals surface area contributed by atoms with Crippen LogP contribution in [0.25, 0.3) is 0 Å². The molecule has 0 aromatic carbocycles. The lowest BCUT2D eigenvalue weighted by Gasteiger charge is -2.00. The number of nitrogens with zero attached hydrogens (tertiary/aromatic N) is 1. The van der Waals surface area contributed by atoms with Gasteiger partial charge in [0.05, 0.1) is 17.7 Å². The normalized spacial score (nSPS) is 18.2. The molecule has 1 aliphatic rings. The highest BCUT2D eigenvalue weighted by Gasteiger charge is 2.44. The van der Waals surface area contributed by atoms with Gasteiger partial charge in [-0.1, -0.05) is 5.92 Å². The van der Waals surface area contributed by atoms with Crippen molar-refractivity contribution in [2.45, 2.75) is 24.9 Å². The fourth-order valence-corrected chi connectivity index (χ4v) is 2.18. The van der Waals surface area contributed by atoms with E-state index in [4.69, 9.17) is 11.2 Å². The van der Waals surface area contributed by atoms with Gasteiger partial charge in [-0.25, -0.2) is 4.98 Å². The van der Waals surface area contributed by atoms with Crippen LogP contribution in [0.2, 0.25) is 0 Å². The van der Waals surface area contributed by atoms with Crippen LogP contribution in [0.5, 0.6) is 0 Å². The summed E-state index contributed by atoms with van der Waals surface area (Å²) in [6.07, 6.45) is 7.63. The van der Waals surface area contributed by atoms with Crippen molar-refractivity contribution in [2.24, 2.45) is 0 Å². The molecule has 2 rings (SSSR count). The van der Waals surface area contributed by atoms with Crippen molar-refractivity contribution in [2.75, 3.05) is 7.11 Å². The van der Waals surface area contributed by atoms with Gasteiger partial charge in [0.25, 0.3) is 0 Å². The second kappa shape index (κ2) is 3.13. The fraction of sp³-hybridized carbons (Fsp3) is 0.500. The number of aromatic nitrogens is 1. The number of ether oxygens (including phenoxy) is 1. The molecule has 1 fully saturated rings. The average Bonchev–Trinajstić information content (AvgIpc) is 2.82. The van der Waals surface area contributed by atoms with Crippen LogP contribution >= 0.6 is 11.3 Å². The van der Waals surface area contributed by atoms with E-state index in [2.05, 4.69) is 16.3 Å². The Hall–Kier alpha value is -0.850. The van der Waals surface area contributed by atoms with Crippen LogP contribution < -0.4 is 0 Å². The fourth-order valence-electron chi connectivity index (χ4n) is 1.32. The van der Waals surface area contributed by atoms with Crippen molar-refractivity contribution in [1.82, 2.24) is 4.98 Å². The van der Waals surface area contributed by atoms with Crippen molar-refractivity contribution < 1.29 is 4.74 Å². The zero-order valence-electron chi connectivity index (χ0n) is 7.54. The number of rotatable bonds is 3. The smallest absolute Gasteiger partial charge is 0.119 e. The zero-order valence-corrected chi connectivity index (χ0v) is 8.36. The molecule has 1 heterocycles. The van der Waals surface area contributed by atoms with Crippen LogP contribution in [0.1, 0.15) is 23.5 Å². The summed E-state index contributed by atoms with van der Waals surface area (Å²) in [5, 5.41) is 3.07. The lowest BCUT2D eigenvalue weighted by Crippen LogP contribution is -2.03. The largest absolute Gasteiger partial charge is 0.378 e. The molecule has 1 saturated carbocycles. The molecule has 1 aliphatic carbocycles. The third kappa shape index (κ3) is 1.48. The molecule has 1 aromatic rings. The molecule has 1 aromatic heterocycles. The van der Waals surface area contributed by atoms with Gasteiger partial charge < -0.3 is 4.74 Å². The first-order valence-electron chi connectivity index (χ1n) is 4.22. The molecule has 0 spiro atoms. The lowest BCUT2D eigenvalue weighted by molar-refractivity contribution is 0.184. The Kier molecular flexibility index (Phi) is 2.10. The van der Waals surface area contributed by atoms with Gasteiger partial charge in [-0.2, -0.15) is 0 Å². The van der Waals surface area contributed by atoms with E-state index in [9.17, 15) is 0 Å². The first kappa shape index (κ1) is 8.74. The predicted molar refractivity (Wildman–Crippen MR) is 52.6 cm³/mol. The summed E-state index contributed by atoms with van der Waals surface area (Å²) in [5.41, 5.74) is 1.04. The highest BCUT2D eigenvalue weighted by Crippen LogP contribution is 2.47. The molecule has 0 atom stereocenters. The monoisotopic (exact) mass is 193 g/mol. The van der Waals surface area contributed by atoms with E-state index < -0.39 is 0 Å². The van der Waals surface area contributed by atoms with E-state index in [0.29, 0.717) is 6.61 Å². The van der Waals surface area contributed by atoms with E-state index in [-0.39, 0.29) is 5.41 Å². The van der Waals surface area contributed by atoms with Gasteiger partial charge >= 0.3 is 0 Å². The summed E-state index contributed by atoms with van der Waals surface area (Å²) in [4.78, 5) is 4.46. The van der Waals surface area contributed by atoms with Crippen LogP contribution in [-0.4, -0.2) is 12.1 Å². The summed E-state index contributed by atoms with van der Waals surface area (Å²) in [7, 11) is 1.68. The third-order valence-electron chi connectivity index (χ3n) is 2.34. The Bertz CT molecular complexity index is 346. The van der Waals surface area contributed by atoms with Gasteiger partial charge in [0.15, 0.2) is 0 Å². The van der Waals surface area contributed by atoms with Crippen molar-refractivity contribution in [3.05, 3.63) is 16.1 Å². The standard InChI is InChI=1S/C10H11NOS/c1-3-10(4-5-10)8-7-13-9(11-8)6-12-2/h1,7H,4-6H2,2H3. The molecular formula is C10H11NOS. The maximum absolute atomic E-state index is 5.47.